The van der Waals surface area contributed by atoms with E-state index in [0.29, 0.717) is 11.8 Å². The molecule has 1 nitrogen and oxygen atoms in total. The Labute approximate surface area is 88.6 Å². The van der Waals surface area contributed by atoms with Crippen LogP contribution in [0.15, 0.2) is 11.6 Å². The Morgan fingerprint density at radius 2 is 1.93 bits per heavy atom. The minimum atomic E-state index is 0.575. The second kappa shape index (κ2) is 7.78. The van der Waals surface area contributed by atoms with Gasteiger partial charge in [0.1, 0.15) is 6.29 Å². The first-order valence-corrected chi connectivity index (χ1v) is 5.79. The van der Waals surface area contributed by atoms with Gasteiger partial charge in [0.25, 0.3) is 0 Å². The van der Waals surface area contributed by atoms with Crippen LogP contribution in [0, 0.1) is 11.8 Å². The lowest BCUT2D eigenvalue weighted by molar-refractivity contribution is -0.105. The summed E-state index contributed by atoms with van der Waals surface area (Å²) in [5.41, 5.74) is 0.986. The van der Waals surface area contributed by atoms with Gasteiger partial charge in [-0.2, -0.15) is 0 Å². The molecule has 0 aromatic carbocycles. The predicted octanol–water partition coefficient (Wildman–Crippen LogP) is 3.98. The molecule has 0 aromatic rings. The van der Waals surface area contributed by atoms with Crippen LogP contribution in [0.1, 0.15) is 53.4 Å². The van der Waals surface area contributed by atoms with E-state index < -0.39 is 0 Å². The summed E-state index contributed by atoms with van der Waals surface area (Å²) in [6, 6.07) is 0. The van der Waals surface area contributed by atoms with Crippen LogP contribution in [0.3, 0.4) is 0 Å². The van der Waals surface area contributed by atoms with E-state index in [0.717, 1.165) is 24.7 Å². The van der Waals surface area contributed by atoms with Crippen LogP contribution in [0.25, 0.3) is 0 Å². The Hall–Kier alpha value is -0.590. The molecule has 0 bridgehead atoms. The van der Waals surface area contributed by atoms with Crippen molar-refractivity contribution in [3.05, 3.63) is 11.6 Å². The second-order valence-corrected chi connectivity index (χ2v) is 4.41. The van der Waals surface area contributed by atoms with Crippen LogP contribution in [0.2, 0.25) is 0 Å². The fourth-order valence-electron chi connectivity index (χ4n) is 1.71. The van der Waals surface area contributed by atoms with Crippen LogP contribution in [0.4, 0.5) is 0 Å². The third-order valence-corrected chi connectivity index (χ3v) is 2.43. The number of aldehydes is 1. The molecule has 0 saturated carbocycles. The van der Waals surface area contributed by atoms with Gasteiger partial charge in [-0.05, 0) is 36.7 Å². The molecule has 1 atom stereocenters. The average molecular weight is 196 g/mol. The standard InChI is InChI=1S/C13H24O/c1-5-7-12(6-2)9-13(10-14)8-11(3)4/h9-12H,5-8H2,1-4H3. The molecular weight excluding hydrogens is 172 g/mol. The van der Waals surface area contributed by atoms with E-state index in [1.165, 1.54) is 12.8 Å². The Morgan fingerprint density at radius 3 is 2.29 bits per heavy atom. The number of allylic oxidation sites excluding steroid dienone is 2. The number of rotatable bonds is 7. The van der Waals surface area contributed by atoms with Crippen LogP contribution in [0.5, 0.6) is 0 Å². The number of carbonyl (C=O) groups excluding carboxylic acids is 1. The van der Waals surface area contributed by atoms with Gasteiger partial charge < -0.3 is 0 Å². The monoisotopic (exact) mass is 196 g/mol. The summed E-state index contributed by atoms with van der Waals surface area (Å²) in [6.45, 7) is 8.68. The summed E-state index contributed by atoms with van der Waals surface area (Å²) in [7, 11) is 0. The van der Waals surface area contributed by atoms with Crippen molar-refractivity contribution < 1.29 is 4.79 Å². The van der Waals surface area contributed by atoms with Crippen molar-refractivity contribution in [2.75, 3.05) is 0 Å². The molecule has 0 radical (unpaired) electrons. The summed E-state index contributed by atoms with van der Waals surface area (Å²) in [5, 5.41) is 0. The SMILES string of the molecule is CCCC(C=C(C=O)CC(C)C)CC. The van der Waals surface area contributed by atoms with Crippen molar-refractivity contribution in [3.8, 4) is 0 Å². The first-order chi connectivity index (χ1) is 6.63. The zero-order chi connectivity index (χ0) is 11.0. The largest absolute Gasteiger partial charge is 0.298 e. The van der Waals surface area contributed by atoms with E-state index in [9.17, 15) is 4.79 Å². The molecule has 1 unspecified atom stereocenters. The van der Waals surface area contributed by atoms with E-state index >= 15 is 0 Å². The highest BCUT2D eigenvalue weighted by Gasteiger charge is 2.05. The summed E-state index contributed by atoms with van der Waals surface area (Å²) in [4.78, 5) is 10.8. The van der Waals surface area contributed by atoms with Crippen molar-refractivity contribution in [2.24, 2.45) is 11.8 Å². The molecule has 0 aliphatic heterocycles. The van der Waals surface area contributed by atoms with Crippen molar-refractivity contribution in [1.29, 1.82) is 0 Å². The van der Waals surface area contributed by atoms with Crippen LogP contribution in [-0.2, 0) is 4.79 Å². The lowest BCUT2D eigenvalue weighted by Crippen LogP contribution is -1.99. The van der Waals surface area contributed by atoms with Gasteiger partial charge in [-0.25, -0.2) is 0 Å². The first kappa shape index (κ1) is 13.4. The first-order valence-electron chi connectivity index (χ1n) is 5.79. The van der Waals surface area contributed by atoms with Gasteiger partial charge in [-0.3, -0.25) is 4.79 Å². The number of hydrogen-bond acceptors (Lipinski definition) is 1. The van der Waals surface area contributed by atoms with Crippen molar-refractivity contribution in [1.82, 2.24) is 0 Å². The molecule has 0 saturated heterocycles. The molecule has 0 heterocycles. The van der Waals surface area contributed by atoms with Gasteiger partial charge in [-0.1, -0.05) is 40.2 Å². The smallest absolute Gasteiger partial charge is 0.145 e. The minimum Gasteiger partial charge on any atom is -0.298 e. The highest BCUT2D eigenvalue weighted by atomic mass is 16.1. The molecule has 0 aromatic heterocycles. The molecular formula is C13H24O. The van der Waals surface area contributed by atoms with Crippen LogP contribution in [-0.4, -0.2) is 6.29 Å². The fourth-order valence-corrected chi connectivity index (χ4v) is 1.71. The number of carbonyl (C=O) groups is 1. The molecule has 82 valence electrons. The van der Waals surface area contributed by atoms with E-state index in [-0.39, 0.29) is 0 Å². The summed E-state index contributed by atoms with van der Waals surface area (Å²) < 4.78 is 0. The topological polar surface area (TPSA) is 17.1 Å². The molecule has 0 N–H and O–H groups in total. The molecule has 0 spiro atoms. The Morgan fingerprint density at radius 1 is 1.29 bits per heavy atom. The van der Waals surface area contributed by atoms with Crippen molar-refractivity contribution in [3.63, 3.8) is 0 Å². The van der Waals surface area contributed by atoms with Gasteiger partial charge >= 0.3 is 0 Å². The second-order valence-electron chi connectivity index (χ2n) is 4.41. The van der Waals surface area contributed by atoms with Gasteiger partial charge in [0, 0.05) is 0 Å². The molecule has 0 fully saturated rings. The van der Waals surface area contributed by atoms with E-state index in [2.05, 4.69) is 33.8 Å². The maximum Gasteiger partial charge on any atom is 0.145 e. The maximum absolute atomic E-state index is 10.8. The zero-order valence-corrected chi connectivity index (χ0v) is 10.0. The van der Waals surface area contributed by atoms with E-state index in [1.54, 1.807) is 0 Å². The predicted molar refractivity (Wildman–Crippen MR) is 62.3 cm³/mol. The summed E-state index contributed by atoms with van der Waals surface area (Å²) in [5.74, 6) is 1.17. The Kier molecular flexibility index (Phi) is 7.45. The van der Waals surface area contributed by atoms with Gasteiger partial charge in [-0.15, -0.1) is 0 Å². The summed E-state index contributed by atoms with van der Waals surface area (Å²) in [6.07, 6.45) is 7.66. The molecule has 14 heavy (non-hydrogen) atoms. The minimum absolute atomic E-state index is 0.575. The third kappa shape index (κ3) is 5.95. The maximum atomic E-state index is 10.8. The van der Waals surface area contributed by atoms with Crippen LogP contribution < -0.4 is 0 Å². The lowest BCUT2D eigenvalue weighted by Gasteiger charge is -2.11. The fraction of sp³-hybridized carbons (Fsp3) is 0.769. The highest BCUT2D eigenvalue weighted by Crippen LogP contribution is 2.17. The van der Waals surface area contributed by atoms with Crippen LogP contribution >= 0.6 is 0 Å². The third-order valence-electron chi connectivity index (χ3n) is 2.43. The Balaban J connectivity index is 4.29. The Bertz CT molecular complexity index is 180. The quantitative estimate of drug-likeness (QED) is 0.444. The average Bonchev–Trinajstić information content (AvgIpc) is 2.15. The van der Waals surface area contributed by atoms with Gasteiger partial charge in [0.15, 0.2) is 0 Å². The van der Waals surface area contributed by atoms with Gasteiger partial charge in [0.2, 0.25) is 0 Å². The van der Waals surface area contributed by atoms with Gasteiger partial charge in [0.05, 0.1) is 0 Å². The highest BCUT2D eigenvalue weighted by molar-refractivity contribution is 5.73. The molecule has 0 amide bonds. The van der Waals surface area contributed by atoms with E-state index in [1.807, 2.05) is 0 Å². The van der Waals surface area contributed by atoms with E-state index in [4.69, 9.17) is 0 Å². The summed E-state index contributed by atoms with van der Waals surface area (Å²) >= 11 is 0. The molecule has 0 aliphatic carbocycles. The lowest BCUT2D eigenvalue weighted by atomic mass is 9.95. The van der Waals surface area contributed by atoms with Crippen molar-refractivity contribution in [2.45, 2.75) is 53.4 Å². The zero-order valence-electron chi connectivity index (χ0n) is 10.0. The molecule has 0 aliphatic rings. The normalized spacial score (nSPS) is 14.5. The number of hydrogen-bond donors (Lipinski definition) is 0. The molecule has 0 rings (SSSR count). The molecule has 1 heteroatoms. The van der Waals surface area contributed by atoms with Crippen molar-refractivity contribution >= 4 is 6.29 Å².